The van der Waals surface area contributed by atoms with Crippen LogP contribution in [0.5, 0.6) is 0 Å². The second-order valence-corrected chi connectivity index (χ2v) is 9.07. The van der Waals surface area contributed by atoms with Crippen molar-refractivity contribution in [3.05, 3.63) is 90.0 Å². The summed E-state index contributed by atoms with van der Waals surface area (Å²) in [6.07, 6.45) is 2.02. The van der Waals surface area contributed by atoms with E-state index in [1.165, 1.54) is 17.0 Å². The van der Waals surface area contributed by atoms with Crippen LogP contribution in [0.3, 0.4) is 0 Å². The molecule has 0 aliphatic carbocycles. The van der Waals surface area contributed by atoms with Crippen molar-refractivity contribution in [3.8, 4) is 0 Å². The minimum Gasteiger partial charge on any atom is -0.337 e. The molecule has 0 bridgehead atoms. The molecule has 0 fully saturated rings. The molecule has 0 aromatic heterocycles. The van der Waals surface area contributed by atoms with E-state index in [0.717, 1.165) is 5.56 Å². The number of hydrogen-bond acceptors (Lipinski definition) is 4. The molecule has 0 spiro atoms. The summed E-state index contributed by atoms with van der Waals surface area (Å²) in [5.74, 6) is -0.181. The molecule has 150 valence electrons. The Kier molecular flexibility index (Phi) is 6.61. The Balaban J connectivity index is 1.73. The SMILES string of the molecule is CSc1ccc(CN(C)C(=O)c2cccc(NS(=O)(=O)c3ccccc3)c2)cc1. The summed E-state index contributed by atoms with van der Waals surface area (Å²) >= 11 is 1.67. The zero-order valence-electron chi connectivity index (χ0n) is 16.2. The van der Waals surface area contributed by atoms with Crippen molar-refractivity contribution in [2.24, 2.45) is 0 Å². The van der Waals surface area contributed by atoms with Crippen molar-refractivity contribution in [1.29, 1.82) is 0 Å². The Labute approximate surface area is 175 Å². The van der Waals surface area contributed by atoms with Gasteiger partial charge in [-0.1, -0.05) is 36.4 Å². The van der Waals surface area contributed by atoms with Crippen LogP contribution < -0.4 is 4.72 Å². The quantitative estimate of drug-likeness (QED) is 0.566. The van der Waals surface area contributed by atoms with E-state index in [0.29, 0.717) is 17.8 Å². The summed E-state index contributed by atoms with van der Waals surface area (Å²) in [5, 5.41) is 0. The zero-order chi connectivity index (χ0) is 20.9. The molecule has 0 aliphatic rings. The summed E-state index contributed by atoms with van der Waals surface area (Å²) in [6.45, 7) is 0.466. The van der Waals surface area contributed by atoms with Gasteiger partial charge in [-0.25, -0.2) is 8.42 Å². The van der Waals surface area contributed by atoms with Gasteiger partial charge in [0.2, 0.25) is 0 Å². The summed E-state index contributed by atoms with van der Waals surface area (Å²) in [4.78, 5) is 15.8. The summed E-state index contributed by atoms with van der Waals surface area (Å²) < 4.78 is 27.5. The lowest BCUT2D eigenvalue weighted by atomic mass is 10.1. The van der Waals surface area contributed by atoms with Gasteiger partial charge in [-0.05, 0) is 54.3 Å². The number of sulfonamides is 1. The van der Waals surface area contributed by atoms with Gasteiger partial charge in [0.1, 0.15) is 0 Å². The molecule has 0 heterocycles. The normalized spacial score (nSPS) is 11.1. The van der Waals surface area contributed by atoms with Crippen molar-refractivity contribution < 1.29 is 13.2 Å². The van der Waals surface area contributed by atoms with Crippen LogP contribution in [0.2, 0.25) is 0 Å². The van der Waals surface area contributed by atoms with Crippen molar-refractivity contribution in [1.82, 2.24) is 4.90 Å². The van der Waals surface area contributed by atoms with Gasteiger partial charge in [-0.2, -0.15) is 0 Å². The van der Waals surface area contributed by atoms with E-state index in [1.807, 2.05) is 30.5 Å². The summed E-state index contributed by atoms with van der Waals surface area (Å²) in [6, 6.07) is 22.7. The van der Waals surface area contributed by atoms with Gasteiger partial charge >= 0.3 is 0 Å². The van der Waals surface area contributed by atoms with Gasteiger partial charge in [-0.15, -0.1) is 11.8 Å². The van der Waals surface area contributed by atoms with E-state index in [4.69, 9.17) is 0 Å². The highest BCUT2D eigenvalue weighted by Crippen LogP contribution is 2.19. The van der Waals surface area contributed by atoms with E-state index >= 15 is 0 Å². The molecule has 0 unspecified atom stereocenters. The lowest BCUT2D eigenvalue weighted by Gasteiger charge is -2.18. The van der Waals surface area contributed by atoms with Crippen LogP contribution in [0, 0.1) is 0 Å². The minimum absolute atomic E-state index is 0.169. The second kappa shape index (κ2) is 9.15. The largest absolute Gasteiger partial charge is 0.337 e. The molecule has 3 rings (SSSR count). The van der Waals surface area contributed by atoms with Crippen LogP contribution >= 0.6 is 11.8 Å². The highest BCUT2D eigenvalue weighted by Gasteiger charge is 2.16. The van der Waals surface area contributed by atoms with Gasteiger partial charge in [0.15, 0.2) is 0 Å². The summed E-state index contributed by atoms with van der Waals surface area (Å²) in [5.41, 5.74) is 1.79. The van der Waals surface area contributed by atoms with E-state index < -0.39 is 10.0 Å². The average molecular weight is 427 g/mol. The molecule has 3 aromatic rings. The van der Waals surface area contributed by atoms with Crippen molar-refractivity contribution >= 4 is 33.4 Å². The van der Waals surface area contributed by atoms with Crippen LogP contribution in [0.4, 0.5) is 5.69 Å². The van der Waals surface area contributed by atoms with Crippen LogP contribution in [0.25, 0.3) is 0 Å². The Hall–Kier alpha value is -2.77. The highest BCUT2D eigenvalue weighted by atomic mass is 32.2. The van der Waals surface area contributed by atoms with Crippen LogP contribution in [-0.4, -0.2) is 32.5 Å². The fourth-order valence-corrected chi connectivity index (χ4v) is 4.31. The van der Waals surface area contributed by atoms with E-state index in [1.54, 1.807) is 66.2 Å². The molecular weight excluding hydrogens is 404 g/mol. The molecule has 0 aliphatic heterocycles. The Bertz CT molecular complexity index is 1080. The van der Waals surface area contributed by atoms with Gasteiger partial charge in [-0.3, -0.25) is 9.52 Å². The van der Waals surface area contributed by atoms with Crippen LogP contribution in [0.1, 0.15) is 15.9 Å². The molecular formula is C22H22N2O3S2. The topological polar surface area (TPSA) is 66.5 Å². The van der Waals surface area contributed by atoms with E-state index in [2.05, 4.69) is 4.72 Å². The van der Waals surface area contributed by atoms with Crippen molar-refractivity contribution in [2.75, 3.05) is 18.0 Å². The molecule has 0 saturated heterocycles. The third-order valence-electron chi connectivity index (χ3n) is 4.34. The van der Waals surface area contributed by atoms with Crippen LogP contribution in [-0.2, 0) is 16.6 Å². The molecule has 7 heteroatoms. The number of thioether (sulfide) groups is 1. The van der Waals surface area contributed by atoms with Crippen molar-refractivity contribution in [2.45, 2.75) is 16.3 Å². The number of rotatable bonds is 7. The average Bonchev–Trinajstić information content (AvgIpc) is 2.74. The fourth-order valence-electron chi connectivity index (χ4n) is 2.83. The molecule has 1 amide bonds. The second-order valence-electron chi connectivity index (χ2n) is 6.51. The molecule has 0 radical (unpaired) electrons. The standard InChI is InChI=1S/C22H22N2O3S2/c1-24(16-17-11-13-20(28-2)14-12-17)22(25)18-7-6-8-19(15-18)23-29(26,27)21-9-4-3-5-10-21/h3-15,23H,16H2,1-2H3. The number of benzene rings is 3. The molecule has 5 nitrogen and oxygen atoms in total. The van der Waals surface area contributed by atoms with Gasteiger partial charge in [0.05, 0.1) is 4.90 Å². The highest BCUT2D eigenvalue weighted by molar-refractivity contribution is 7.98. The molecule has 3 aromatic carbocycles. The Morgan fingerprint density at radius 2 is 1.66 bits per heavy atom. The maximum atomic E-state index is 12.8. The predicted molar refractivity (Wildman–Crippen MR) is 118 cm³/mol. The first kappa shape index (κ1) is 21.0. The number of nitrogens with zero attached hydrogens (tertiary/aromatic N) is 1. The first-order valence-electron chi connectivity index (χ1n) is 8.95. The van der Waals surface area contributed by atoms with E-state index in [-0.39, 0.29) is 10.8 Å². The maximum Gasteiger partial charge on any atom is 0.261 e. The fraction of sp³-hybridized carbons (Fsp3) is 0.136. The van der Waals surface area contributed by atoms with E-state index in [9.17, 15) is 13.2 Å². The molecule has 29 heavy (non-hydrogen) atoms. The minimum atomic E-state index is -3.71. The maximum absolute atomic E-state index is 12.8. The number of carbonyl (C=O) groups excluding carboxylic acids is 1. The number of amides is 1. The lowest BCUT2D eigenvalue weighted by molar-refractivity contribution is 0.0785. The molecule has 1 N–H and O–H groups in total. The first-order chi connectivity index (χ1) is 13.9. The van der Waals surface area contributed by atoms with Gasteiger partial charge < -0.3 is 4.90 Å². The third kappa shape index (κ3) is 5.40. The number of anilines is 1. The number of nitrogens with one attached hydrogen (secondary N) is 1. The van der Waals surface area contributed by atoms with Gasteiger partial charge in [0, 0.05) is 29.7 Å². The first-order valence-corrected chi connectivity index (χ1v) is 11.7. The predicted octanol–water partition coefficient (Wildman–Crippen LogP) is 4.48. The molecule has 0 atom stereocenters. The van der Waals surface area contributed by atoms with Gasteiger partial charge in [0.25, 0.3) is 15.9 Å². The zero-order valence-corrected chi connectivity index (χ0v) is 17.8. The van der Waals surface area contributed by atoms with Crippen LogP contribution in [0.15, 0.2) is 88.7 Å². The number of carbonyl (C=O) groups is 1. The summed E-state index contributed by atoms with van der Waals surface area (Å²) in [7, 11) is -1.98. The van der Waals surface area contributed by atoms with Crippen molar-refractivity contribution in [3.63, 3.8) is 0 Å². The molecule has 0 saturated carbocycles. The Morgan fingerprint density at radius 3 is 2.31 bits per heavy atom. The number of hydrogen-bond donors (Lipinski definition) is 1. The smallest absolute Gasteiger partial charge is 0.261 e. The monoisotopic (exact) mass is 426 g/mol. The third-order valence-corrected chi connectivity index (χ3v) is 6.48. The lowest BCUT2D eigenvalue weighted by Crippen LogP contribution is -2.26. The Morgan fingerprint density at radius 1 is 0.966 bits per heavy atom.